The number of hydroxylamine groups is 1. The summed E-state index contributed by atoms with van der Waals surface area (Å²) in [5.74, 6) is -1.25. The summed E-state index contributed by atoms with van der Waals surface area (Å²) in [6.07, 6.45) is -2.26. The number of carbonyl (C=O) groups is 1. The zero-order valence-corrected chi connectivity index (χ0v) is 13.9. The van der Waals surface area contributed by atoms with Gasteiger partial charge in [0.15, 0.2) is 0 Å². The molecular formula is C17H19F4N3O2. The van der Waals surface area contributed by atoms with E-state index in [1.165, 1.54) is 5.48 Å². The second-order valence-corrected chi connectivity index (χ2v) is 7.64. The summed E-state index contributed by atoms with van der Waals surface area (Å²) in [5, 5.41) is 8.68. The Labute approximate surface area is 147 Å². The maximum Gasteiger partial charge on any atom is 0.459 e. The molecule has 1 aliphatic carbocycles. The molecule has 2 N–H and O–H groups in total. The molecule has 142 valence electrons. The van der Waals surface area contributed by atoms with Gasteiger partial charge in [-0.1, -0.05) is 0 Å². The molecule has 1 saturated carbocycles. The Morgan fingerprint density at radius 3 is 2.58 bits per heavy atom. The highest BCUT2D eigenvalue weighted by Gasteiger charge is 2.59. The number of nitrogens with one attached hydrogen (secondary N) is 1. The first-order valence-corrected chi connectivity index (χ1v) is 8.52. The van der Waals surface area contributed by atoms with Crippen LogP contribution >= 0.6 is 0 Å². The van der Waals surface area contributed by atoms with Gasteiger partial charge < -0.3 is 0 Å². The lowest BCUT2D eigenvalue weighted by Gasteiger charge is -2.61. The topological polar surface area (TPSA) is 55.8 Å². The molecule has 0 aromatic heterocycles. The summed E-state index contributed by atoms with van der Waals surface area (Å²) in [6.45, 7) is 1.20. The predicted molar refractivity (Wildman–Crippen MR) is 82.8 cm³/mol. The monoisotopic (exact) mass is 373 g/mol. The lowest BCUT2D eigenvalue weighted by atomic mass is 9.60. The van der Waals surface area contributed by atoms with Gasteiger partial charge in [0.1, 0.15) is 5.82 Å². The first-order valence-electron chi connectivity index (χ1n) is 8.52. The number of hydrogen-bond donors (Lipinski definition) is 2. The van der Waals surface area contributed by atoms with Crippen molar-refractivity contribution < 1.29 is 27.6 Å². The molecule has 26 heavy (non-hydrogen) atoms. The number of fused-ring (bicyclic) bond motifs is 1. The van der Waals surface area contributed by atoms with Crippen molar-refractivity contribution in [3.8, 4) is 0 Å². The van der Waals surface area contributed by atoms with E-state index in [4.69, 9.17) is 5.21 Å². The number of alkyl halides is 3. The molecule has 9 heteroatoms. The van der Waals surface area contributed by atoms with Crippen molar-refractivity contribution in [1.29, 1.82) is 0 Å². The van der Waals surface area contributed by atoms with Crippen LogP contribution in [0.2, 0.25) is 0 Å². The van der Waals surface area contributed by atoms with E-state index in [2.05, 4.69) is 4.90 Å². The van der Waals surface area contributed by atoms with E-state index in [1.807, 2.05) is 0 Å². The number of rotatable bonds is 2. The van der Waals surface area contributed by atoms with Gasteiger partial charge in [-0.2, -0.15) is 13.2 Å². The normalized spacial score (nSPS) is 23.3. The van der Waals surface area contributed by atoms with Gasteiger partial charge in [0.2, 0.25) is 0 Å². The van der Waals surface area contributed by atoms with Crippen LogP contribution in [0.3, 0.4) is 0 Å². The average molecular weight is 373 g/mol. The van der Waals surface area contributed by atoms with Crippen molar-refractivity contribution in [2.45, 2.75) is 38.1 Å². The van der Waals surface area contributed by atoms with Gasteiger partial charge in [-0.3, -0.25) is 14.9 Å². The second-order valence-electron chi connectivity index (χ2n) is 7.64. The molecule has 1 aromatic rings. The Morgan fingerprint density at radius 2 is 1.96 bits per heavy atom. The molecule has 5 nitrogen and oxygen atoms in total. The molecular weight excluding hydrogens is 354 g/mol. The van der Waals surface area contributed by atoms with E-state index in [0.717, 1.165) is 11.6 Å². The van der Waals surface area contributed by atoms with E-state index < -0.39 is 18.0 Å². The third-order valence-corrected chi connectivity index (χ3v) is 5.95. The number of hydrogen-bond acceptors (Lipinski definition) is 4. The van der Waals surface area contributed by atoms with Gasteiger partial charge in [0.25, 0.3) is 5.91 Å². The van der Waals surface area contributed by atoms with E-state index in [0.29, 0.717) is 42.8 Å². The Morgan fingerprint density at radius 1 is 1.27 bits per heavy atom. The Kier molecular flexibility index (Phi) is 4.01. The van der Waals surface area contributed by atoms with Gasteiger partial charge in [-0.25, -0.2) is 14.8 Å². The number of amides is 1. The van der Waals surface area contributed by atoms with Crippen molar-refractivity contribution in [3.63, 3.8) is 0 Å². The summed E-state index contributed by atoms with van der Waals surface area (Å²) in [6, 6.07) is 2.86. The molecule has 3 aliphatic rings. The van der Waals surface area contributed by atoms with E-state index in [1.54, 1.807) is 6.07 Å². The summed E-state index contributed by atoms with van der Waals surface area (Å²) in [7, 11) is 0. The number of carbonyl (C=O) groups excluding carboxylic acids is 1. The van der Waals surface area contributed by atoms with Crippen molar-refractivity contribution in [2.24, 2.45) is 5.41 Å². The van der Waals surface area contributed by atoms with Gasteiger partial charge in [-0.05, 0) is 42.4 Å². The molecule has 0 atom stereocenters. The minimum atomic E-state index is -4.25. The van der Waals surface area contributed by atoms with Crippen LogP contribution in [0.4, 0.5) is 17.6 Å². The summed E-state index contributed by atoms with van der Waals surface area (Å²) in [5.41, 5.74) is 2.60. The zero-order chi connectivity index (χ0) is 18.7. The minimum Gasteiger partial charge on any atom is -0.296 e. The highest BCUT2D eigenvalue weighted by Crippen LogP contribution is 2.53. The minimum absolute atomic E-state index is 0.0609. The molecule has 1 amide bonds. The highest BCUT2D eigenvalue weighted by molar-refractivity contribution is 5.93. The highest BCUT2D eigenvalue weighted by atomic mass is 19.4. The molecule has 4 rings (SSSR count). The average Bonchev–Trinajstić information content (AvgIpc) is 2.50. The van der Waals surface area contributed by atoms with Crippen LogP contribution in [0.1, 0.15) is 34.3 Å². The van der Waals surface area contributed by atoms with E-state index >= 15 is 0 Å². The largest absolute Gasteiger partial charge is 0.459 e. The summed E-state index contributed by atoms with van der Waals surface area (Å²) < 4.78 is 52.2. The summed E-state index contributed by atoms with van der Waals surface area (Å²) in [4.78, 5) is 14.1. The van der Waals surface area contributed by atoms with Crippen LogP contribution in [0.5, 0.6) is 0 Å². The molecule has 0 radical (unpaired) electrons. The maximum absolute atomic E-state index is 14.4. The van der Waals surface area contributed by atoms with Crippen molar-refractivity contribution in [1.82, 2.24) is 15.3 Å². The Balaban J connectivity index is 1.39. The number of likely N-dealkylation sites (tertiary alicyclic amines) is 1. The molecule has 0 unspecified atom stereocenters. The zero-order valence-electron chi connectivity index (χ0n) is 13.9. The SMILES string of the molecule is O=C(NO)c1cc(F)c2c(c1)CCN(C1CC3(C1)CN(C(F)(F)F)C3)C2. The molecule has 1 saturated heterocycles. The molecule has 2 heterocycles. The van der Waals surface area contributed by atoms with Gasteiger partial charge in [0, 0.05) is 43.3 Å². The van der Waals surface area contributed by atoms with Crippen molar-refractivity contribution >= 4 is 5.91 Å². The van der Waals surface area contributed by atoms with E-state index in [9.17, 15) is 22.4 Å². The quantitative estimate of drug-likeness (QED) is 0.362. The first kappa shape index (κ1) is 17.7. The van der Waals surface area contributed by atoms with Crippen molar-refractivity contribution in [3.05, 3.63) is 34.6 Å². The lowest BCUT2D eigenvalue weighted by molar-refractivity contribution is -0.306. The van der Waals surface area contributed by atoms with Crippen LogP contribution in [-0.4, -0.2) is 52.9 Å². The molecule has 0 bridgehead atoms. The van der Waals surface area contributed by atoms with Crippen LogP contribution in [0, 0.1) is 11.2 Å². The Bertz CT molecular complexity index is 738. The van der Waals surface area contributed by atoms with Gasteiger partial charge in [-0.15, -0.1) is 0 Å². The fraction of sp³-hybridized carbons (Fsp3) is 0.588. The predicted octanol–water partition coefficient (Wildman–Crippen LogP) is 2.29. The fourth-order valence-corrected chi connectivity index (χ4v) is 4.55. The smallest absolute Gasteiger partial charge is 0.296 e. The van der Waals surface area contributed by atoms with Crippen LogP contribution in [0.15, 0.2) is 12.1 Å². The first-order chi connectivity index (χ1) is 12.2. The van der Waals surface area contributed by atoms with Crippen LogP contribution in [0.25, 0.3) is 0 Å². The summed E-state index contributed by atoms with van der Waals surface area (Å²) >= 11 is 0. The second kappa shape index (κ2) is 5.90. The fourth-order valence-electron chi connectivity index (χ4n) is 4.55. The third kappa shape index (κ3) is 2.87. The van der Waals surface area contributed by atoms with E-state index in [-0.39, 0.29) is 30.1 Å². The van der Waals surface area contributed by atoms with Gasteiger partial charge in [0.05, 0.1) is 0 Å². The van der Waals surface area contributed by atoms with Crippen LogP contribution in [-0.2, 0) is 13.0 Å². The van der Waals surface area contributed by atoms with Crippen molar-refractivity contribution in [2.75, 3.05) is 19.6 Å². The third-order valence-electron chi connectivity index (χ3n) is 5.95. The Hall–Kier alpha value is -1.71. The molecule has 2 aliphatic heterocycles. The number of halogens is 4. The molecule has 2 fully saturated rings. The standard InChI is InChI=1S/C17H19F4N3O2/c18-14-4-11(15(25)22-26)3-10-1-2-23(7-13(10)14)12-5-16(6-12)8-24(9-16)17(19,20)21/h3-4,12,26H,1-2,5-9H2,(H,22,25). The molecule has 1 aromatic carbocycles. The number of nitrogens with zero attached hydrogens (tertiary/aromatic N) is 2. The van der Waals surface area contributed by atoms with Gasteiger partial charge >= 0.3 is 6.30 Å². The van der Waals surface area contributed by atoms with Crippen LogP contribution < -0.4 is 5.48 Å². The molecule has 1 spiro atoms. The lowest BCUT2D eigenvalue weighted by Crippen LogP contribution is -2.69. The number of benzene rings is 1. The maximum atomic E-state index is 14.4.